The lowest BCUT2D eigenvalue weighted by atomic mass is 9.86. The molecule has 0 radical (unpaired) electrons. The average Bonchev–Trinajstić information content (AvgIpc) is 3.04. The molecule has 0 saturated heterocycles. The van der Waals surface area contributed by atoms with Gasteiger partial charge in [0.25, 0.3) is 0 Å². The maximum Gasteiger partial charge on any atom is 0.221 e. The van der Waals surface area contributed by atoms with Crippen molar-refractivity contribution in [3.63, 3.8) is 0 Å². The van der Waals surface area contributed by atoms with Crippen molar-refractivity contribution < 1.29 is 4.79 Å². The monoisotopic (exact) mass is 333 g/mol. The van der Waals surface area contributed by atoms with E-state index in [-0.39, 0.29) is 11.8 Å². The number of aromatic nitrogens is 2. The molecule has 2 aromatic carbocycles. The third-order valence-corrected chi connectivity index (χ3v) is 4.52. The first-order valence-electron chi connectivity index (χ1n) is 8.48. The van der Waals surface area contributed by atoms with Crippen molar-refractivity contribution in [1.29, 1.82) is 0 Å². The average molecular weight is 333 g/mol. The van der Waals surface area contributed by atoms with E-state index in [0.717, 1.165) is 11.4 Å². The lowest BCUT2D eigenvalue weighted by Gasteiger charge is -2.20. The van der Waals surface area contributed by atoms with E-state index in [0.29, 0.717) is 13.0 Å². The van der Waals surface area contributed by atoms with E-state index >= 15 is 0 Å². The molecule has 25 heavy (non-hydrogen) atoms. The molecule has 0 aliphatic carbocycles. The van der Waals surface area contributed by atoms with Crippen LogP contribution in [0.5, 0.6) is 0 Å². The topological polar surface area (TPSA) is 46.9 Å². The summed E-state index contributed by atoms with van der Waals surface area (Å²) in [6.45, 7) is 2.54. The van der Waals surface area contributed by atoms with Crippen molar-refractivity contribution in [1.82, 2.24) is 14.9 Å². The van der Waals surface area contributed by atoms with Crippen LogP contribution in [0.25, 0.3) is 0 Å². The van der Waals surface area contributed by atoms with Gasteiger partial charge in [0.15, 0.2) is 0 Å². The molecule has 1 amide bonds. The lowest BCUT2D eigenvalue weighted by Crippen LogP contribution is -2.26. The molecule has 0 fully saturated rings. The van der Waals surface area contributed by atoms with Gasteiger partial charge in [0.05, 0.1) is 6.54 Å². The van der Waals surface area contributed by atoms with E-state index in [9.17, 15) is 4.79 Å². The molecule has 0 saturated carbocycles. The van der Waals surface area contributed by atoms with Crippen LogP contribution in [0.1, 0.15) is 34.9 Å². The Kier molecular flexibility index (Phi) is 5.29. The van der Waals surface area contributed by atoms with Crippen LogP contribution >= 0.6 is 0 Å². The Morgan fingerprint density at radius 3 is 2.52 bits per heavy atom. The summed E-state index contributed by atoms with van der Waals surface area (Å²) in [5.41, 5.74) is 3.55. The summed E-state index contributed by atoms with van der Waals surface area (Å²) in [6.07, 6.45) is 4.03. The van der Waals surface area contributed by atoms with Crippen LogP contribution in [-0.2, 0) is 18.4 Å². The van der Waals surface area contributed by atoms with Gasteiger partial charge in [0, 0.05) is 31.8 Å². The van der Waals surface area contributed by atoms with Gasteiger partial charge in [-0.15, -0.1) is 0 Å². The molecule has 4 heteroatoms. The molecule has 4 nitrogen and oxygen atoms in total. The largest absolute Gasteiger partial charge is 0.349 e. The summed E-state index contributed by atoms with van der Waals surface area (Å²) in [5, 5.41) is 2.99. The van der Waals surface area contributed by atoms with Crippen LogP contribution in [0, 0.1) is 6.92 Å². The number of benzene rings is 2. The number of carbonyl (C=O) groups excluding carboxylic acids is 1. The van der Waals surface area contributed by atoms with Crippen LogP contribution in [-0.4, -0.2) is 15.5 Å². The fraction of sp³-hybridized carbons (Fsp3) is 0.238. The van der Waals surface area contributed by atoms with Gasteiger partial charge in [-0.3, -0.25) is 4.79 Å². The summed E-state index contributed by atoms with van der Waals surface area (Å²) in [5.74, 6) is 0.921. The highest BCUT2D eigenvalue weighted by Crippen LogP contribution is 2.30. The van der Waals surface area contributed by atoms with E-state index in [1.165, 1.54) is 11.1 Å². The highest BCUT2D eigenvalue weighted by Gasteiger charge is 2.19. The standard InChI is InChI=1S/C21H23N3O/c1-16-8-6-7-11-18(16)19(17-9-4-3-5-10-17)14-21(25)23-15-20-22-12-13-24(20)2/h3-13,19H,14-15H2,1-2H3,(H,23,25)/t19-/m1/s1. The molecule has 3 rings (SSSR count). The predicted octanol–water partition coefficient (Wildman–Crippen LogP) is 3.57. The van der Waals surface area contributed by atoms with Gasteiger partial charge in [-0.05, 0) is 23.6 Å². The SMILES string of the molecule is Cc1ccccc1[C@H](CC(=O)NCc1nccn1C)c1ccccc1. The summed E-state index contributed by atoms with van der Waals surface area (Å²) in [6, 6.07) is 18.5. The predicted molar refractivity (Wildman–Crippen MR) is 99.1 cm³/mol. The molecule has 0 unspecified atom stereocenters. The third kappa shape index (κ3) is 4.15. The minimum Gasteiger partial charge on any atom is -0.349 e. The molecule has 1 N–H and O–H groups in total. The number of imidazole rings is 1. The zero-order chi connectivity index (χ0) is 17.6. The second kappa shape index (κ2) is 7.79. The third-order valence-electron chi connectivity index (χ3n) is 4.52. The summed E-state index contributed by atoms with van der Waals surface area (Å²) >= 11 is 0. The number of hydrogen-bond acceptors (Lipinski definition) is 2. The Labute approximate surface area is 148 Å². The highest BCUT2D eigenvalue weighted by molar-refractivity contribution is 5.77. The van der Waals surface area contributed by atoms with Crippen molar-refractivity contribution in [3.05, 3.63) is 89.5 Å². The zero-order valence-corrected chi connectivity index (χ0v) is 14.6. The second-order valence-electron chi connectivity index (χ2n) is 6.26. The van der Waals surface area contributed by atoms with Crippen molar-refractivity contribution in [2.24, 2.45) is 7.05 Å². The molecule has 1 aromatic heterocycles. The molecule has 0 spiro atoms. The molecule has 1 heterocycles. The number of nitrogens with zero attached hydrogens (tertiary/aromatic N) is 2. The van der Waals surface area contributed by atoms with Gasteiger partial charge in [-0.1, -0.05) is 54.6 Å². The minimum absolute atomic E-state index is 0.0279. The molecule has 0 aliphatic rings. The van der Waals surface area contributed by atoms with Crippen molar-refractivity contribution in [2.45, 2.75) is 25.8 Å². The van der Waals surface area contributed by atoms with E-state index in [4.69, 9.17) is 0 Å². The fourth-order valence-corrected chi connectivity index (χ4v) is 3.07. The molecule has 0 bridgehead atoms. The molecule has 3 aromatic rings. The summed E-state index contributed by atoms with van der Waals surface area (Å²) < 4.78 is 1.91. The first kappa shape index (κ1) is 17.0. The van der Waals surface area contributed by atoms with Gasteiger partial charge >= 0.3 is 0 Å². The first-order valence-corrected chi connectivity index (χ1v) is 8.48. The Hall–Kier alpha value is -2.88. The van der Waals surface area contributed by atoms with Crippen molar-refractivity contribution in [3.8, 4) is 0 Å². The normalized spacial score (nSPS) is 11.9. The molecular weight excluding hydrogens is 310 g/mol. The van der Waals surface area contributed by atoms with Gasteiger partial charge in [0.2, 0.25) is 5.91 Å². The van der Waals surface area contributed by atoms with Gasteiger partial charge in [-0.2, -0.15) is 0 Å². The van der Waals surface area contributed by atoms with Crippen LogP contribution in [0.15, 0.2) is 67.0 Å². The Balaban J connectivity index is 1.77. The van der Waals surface area contributed by atoms with Crippen LogP contribution < -0.4 is 5.32 Å². The zero-order valence-electron chi connectivity index (χ0n) is 14.6. The van der Waals surface area contributed by atoms with E-state index < -0.39 is 0 Å². The van der Waals surface area contributed by atoms with Crippen LogP contribution in [0.2, 0.25) is 0 Å². The minimum atomic E-state index is 0.0279. The maximum absolute atomic E-state index is 12.6. The smallest absolute Gasteiger partial charge is 0.221 e. The Morgan fingerprint density at radius 2 is 1.84 bits per heavy atom. The van der Waals surface area contributed by atoms with Crippen LogP contribution in [0.3, 0.4) is 0 Å². The molecular formula is C21H23N3O. The Bertz CT molecular complexity index is 839. The van der Waals surface area contributed by atoms with Gasteiger partial charge in [0.1, 0.15) is 5.82 Å². The number of carbonyl (C=O) groups is 1. The molecule has 0 aliphatic heterocycles. The summed E-state index contributed by atoms with van der Waals surface area (Å²) in [4.78, 5) is 16.8. The van der Waals surface area contributed by atoms with E-state index in [1.807, 2.05) is 48.1 Å². The second-order valence-corrected chi connectivity index (χ2v) is 6.26. The van der Waals surface area contributed by atoms with Crippen molar-refractivity contribution >= 4 is 5.91 Å². The number of nitrogens with one attached hydrogen (secondary N) is 1. The number of amides is 1. The van der Waals surface area contributed by atoms with Crippen molar-refractivity contribution in [2.75, 3.05) is 0 Å². The summed E-state index contributed by atoms with van der Waals surface area (Å²) in [7, 11) is 1.93. The Morgan fingerprint density at radius 1 is 1.12 bits per heavy atom. The van der Waals surface area contributed by atoms with Gasteiger partial charge < -0.3 is 9.88 Å². The quantitative estimate of drug-likeness (QED) is 0.750. The number of rotatable bonds is 6. The fourth-order valence-electron chi connectivity index (χ4n) is 3.07. The maximum atomic E-state index is 12.6. The highest BCUT2D eigenvalue weighted by atomic mass is 16.1. The van der Waals surface area contributed by atoms with Gasteiger partial charge in [-0.25, -0.2) is 4.98 Å². The lowest BCUT2D eigenvalue weighted by molar-refractivity contribution is -0.121. The first-order chi connectivity index (χ1) is 12.1. The molecule has 1 atom stereocenters. The van der Waals surface area contributed by atoms with E-state index in [2.05, 4.69) is 41.5 Å². The number of aryl methyl sites for hydroxylation is 2. The molecule has 128 valence electrons. The number of hydrogen-bond donors (Lipinski definition) is 1. The van der Waals surface area contributed by atoms with E-state index in [1.54, 1.807) is 6.20 Å². The van der Waals surface area contributed by atoms with Crippen LogP contribution in [0.4, 0.5) is 0 Å².